The summed E-state index contributed by atoms with van der Waals surface area (Å²) in [6, 6.07) is 4.98. The van der Waals surface area contributed by atoms with E-state index in [0.717, 1.165) is 42.4 Å². The number of nitrogens with zero attached hydrogens (tertiary/aromatic N) is 2. The average molecular weight is 400 g/mol. The Hall–Kier alpha value is -2.05. The number of aromatic nitrogens is 1. The number of fused-ring (bicyclic) bond motifs is 2. The van der Waals surface area contributed by atoms with Crippen molar-refractivity contribution in [2.75, 3.05) is 26.8 Å². The number of ether oxygens (including phenoxy) is 2. The Balaban J connectivity index is 1.53. The molecule has 0 amide bonds. The van der Waals surface area contributed by atoms with Crippen LogP contribution in [0, 0.1) is 17.7 Å². The summed E-state index contributed by atoms with van der Waals surface area (Å²) in [7, 11) is 1.61. The van der Waals surface area contributed by atoms with Crippen molar-refractivity contribution in [2.24, 2.45) is 11.8 Å². The lowest BCUT2D eigenvalue weighted by Gasteiger charge is -2.24. The quantitative estimate of drug-likeness (QED) is 0.689. The number of esters is 1. The van der Waals surface area contributed by atoms with Crippen LogP contribution in [0.5, 0.6) is 0 Å². The molecule has 0 spiro atoms. The number of halogens is 1. The molecule has 4 atom stereocenters. The number of hydrogen-bond acceptors (Lipinski definition) is 5. The third-order valence-corrected chi connectivity index (χ3v) is 6.62. The molecule has 0 bridgehead atoms. The van der Waals surface area contributed by atoms with Gasteiger partial charge in [0.25, 0.3) is 0 Å². The van der Waals surface area contributed by atoms with Crippen molar-refractivity contribution in [2.45, 2.75) is 45.3 Å². The third-order valence-electron chi connectivity index (χ3n) is 6.62. The number of benzene rings is 1. The van der Waals surface area contributed by atoms with E-state index in [1.54, 1.807) is 13.2 Å². The predicted molar refractivity (Wildman–Crippen MR) is 109 cm³/mol. The summed E-state index contributed by atoms with van der Waals surface area (Å²) in [6.45, 7) is 6.39. The van der Waals surface area contributed by atoms with E-state index in [4.69, 9.17) is 9.47 Å². The summed E-state index contributed by atoms with van der Waals surface area (Å²) in [5.41, 5.74) is 2.81. The molecule has 6 heteroatoms. The van der Waals surface area contributed by atoms with Gasteiger partial charge in [-0.3, -0.25) is 14.7 Å². The summed E-state index contributed by atoms with van der Waals surface area (Å²) >= 11 is 0. The standard InChI is InChI=1S/C23H29FN2O3/c1-4-29-23(27)14(2)26-11-16-7-15(8-17(16)12-26)20-5-6-25-22-18(13-28-3)9-19(24)10-21(20)22/h5-6,9-10,14-17H,4,7-8,11-13H2,1-3H3/t14?,15-,16-,17+. The maximum absolute atomic E-state index is 14.3. The highest BCUT2D eigenvalue weighted by atomic mass is 19.1. The number of carbonyl (C=O) groups excluding carboxylic acids is 1. The molecule has 156 valence electrons. The first kappa shape index (κ1) is 20.2. The molecule has 1 aromatic carbocycles. The fourth-order valence-corrected chi connectivity index (χ4v) is 5.25. The van der Waals surface area contributed by atoms with Crippen molar-refractivity contribution in [1.29, 1.82) is 0 Å². The van der Waals surface area contributed by atoms with Crippen LogP contribution in [0.1, 0.15) is 43.7 Å². The molecular formula is C23H29FN2O3. The van der Waals surface area contributed by atoms with Crippen LogP contribution in [0.4, 0.5) is 4.39 Å². The predicted octanol–water partition coefficient (Wildman–Crippen LogP) is 3.90. The first-order valence-electron chi connectivity index (χ1n) is 10.5. The molecule has 1 aliphatic carbocycles. The van der Waals surface area contributed by atoms with Crippen LogP contribution >= 0.6 is 0 Å². The molecule has 1 saturated carbocycles. The molecule has 5 nitrogen and oxygen atoms in total. The lowest BCUT2D eigenvalue weighted by atomic mass is 9.92. The molecule has 1 aliphatic heterocycles. The summed E-state index contributed by atoms with van der Waals surface area (Å²) in [5, 5.41) is 0.904. The minimum Gasteiger partial charge on any atom is -0.465 e. The monoisotopic (exact) mass is 400 g/mol. The molecule has 0 radical (unpaired) electrons. The second kappa shape index (κ2) is 8.36. The Labute approximate surface area is 171 Å². The van der Waals surface area contributed by atoms with E-state index in [2.05, 4.69) is 9.88 Å². The fraction of sp³-hybridized carbons (Fsp3) is 0.565. The van der Waals surface area contributed by atoms with Crippen LogP contribution in [0.15, 0.2) is 24.4 Å². The SMILES string of the molecule is CCOC(=O)C(C)N1C[C@H]2C[C@@H](c3ccnc4c(COC)cc(F)cc34)C[C@H]2C1. The van der Waals surface area contributed by atoms with E-state index < -0.39 is 0 Å². The summed E-state index contributed by atoms with van der Waals surface area (Å²) in [6.07, 6.45) is 3.95. The van der Waals surface area contributed by atoms with Gasteiger partial charge in [0.05, 0.1) is 18.7 Å². The maximum Gasteiger partial charge on any atom is 0.323 e. The minimum atomic E-state index is -0.244. The highest BCUT2D eigenvalue weighted by molar-refractivity contribution is 5.85. The van der Waals surface area contributed by atoms with Gasteiger partial charge in [-0.2, -0.15) is 0 Å². The summed E-state index contributed by atoms with van der Waals surface area (Å²) < 4.78 is 24.7. The zero-order valence-corrected chi connectivity index (χ0v) is 17.4. The molecule has 1 saturated heterocycles. The lowest BCUT2D eigenvalue weighted by Crippen LogP contribution is -2.39. The van der Waals surface area contributed by atoms with Crippen LogP contribution in [0.25, 0.3) is 10.9 Å². The van der Waals surface area contributed by atoms with E-state index >= 15 is 0 Å². The Morgan fingerprint density at radius 2 is 2.03 bits per heavy atom. The van der Waals surface area contributed by atoms with Gasteiger partial charge in [0.15, 0.2) is 0 Å². The molecule has 2 aliphatic rings. The number of pyridine rings is 1. The summed E-state index contributed by atoms with van der Waals surface area (Å²) in [5.74, 6) is 1.14. The first-order valence-corrected chi connectivity index (χ1v) is 10.5. The van der Waals surface area contributed by atoms with Gasteiger partial charge >= 0.3 is 5.97 Å². The molecule has 4 rings (SSSR count). The highest BCUT2D eigenvalue weighted by Gasteiger charge is 2.44. The molecule has 1 aromatic heterocycles. The van der Waals surface area contributed by atoms with Gasteiger partial charge in [0.2, 0.25) is 0 Å². The fourth-order valence-electron chi connectivity index (χ4n) is 5.25. The normalized spacial score (nSPS) is 25.3. The Morgan fingerprint density at radius 1 is 1.31 bits per heavy atom. The first-order chi connectivity index (χ1) is 14.0. The topological polar surface area (TPSA) is 51.7 Å². The Morgan fingerprint density at radius 3 is 2.69 bits per heavy atom. The molecule has 2 heterocycles. The average Bonchev–Trinajstić information content (AvgIpc) is 3.26. The number of rotatable bonds is 6. The number of methoxy groups -OCH3 is 1. The zero-order valence-electron chi connectivity index (χ0n) is 17.4. The van der Waals surface area contributed by atoms with Crippen molar-refractivity contribution in [1.82, 2.24) is 9.88 Å². The summed E-state index contributed by atoms with van der Waals surface area (Å²) in [4.78, 5) is 18.8. The van der Waals surface area contributed by atoms with Gasteiger partial charge in [0, 0.05) is 37.3 Å². The molecule has 2 aromatic rings. The molecule has 1 unspecified atom stereocenters. The number of carbonyl (C=O) groups is 1. The number of likely N-dealkylation sites (tertiary alicyclic amines) is 1. The molecule has 29 heavy (non-hydrogen) atoms. The van der Waals surface area contributed by atoms with E-state index in [0.29, 0.717) is 31.0 Å². The largest absolute Gasteiger partial charge is 0.465 e. The van der Waals surface area contributed by atoms with Crippen LogP contribution < -0.4 is 0 Å². The van der Waals surface area contributed by atoms with E-state index in [1.807, 2.05) is 26.1 Å². The van der Waals surface area contributed by atoms with Gasteiger partial charge < -0.3 is 9.47 Å². The Bertz CT molecular complexity index is 889. The third kappa shape index (κ3) is 3.88. The lowest BCUT2D eigenvalue weighted by molar-refractivity contribution is -0.148. The molecule has 0 N–H and O–H groups in total. The van der Waals surface area contributed by atoms with E-state index in [1.165, 1.54) is 11.6 Å². The van der Waals surface area contributed by atoms with Gasteiger partial charge in [-0.1, -0.05) is 0 Å². The molecular weight excluding hydrogens is 371 g/mol. The van der Waals surface area contributed by atoms with Crippen LogP contribution in [0.3, 0.4) is 0 Å². The van der Waals surface area contributed by atoms with Crippen molar-refractivity contribution >= 4 is 16.9 Å². The van der Waals surface area contributed by atoms with Crippen LogP contribution in [-0.4, -0.2) is 48.7 Å². The van der Waals surface area contributed by atoms with Crippen molar-refractivity contribution in [3.05, 3.63) is 41.3 Å². The van der Waals surface area contributed by atoms with Crippen LogP contribution in [-0.2, 0) is 20.9 Å². The van der Waals surface area contributed by atoms with E-state index in [9.17, 15) is 9.18 Å². The van der Waals surface area contributed by atoms with Gasteiger partial charge in [-0.15, -0.1) is 0 Å². The number of hydrogen-bond donors (Lipinski definition) is 0. The second-order valence-corrected chi connectivity index (χ2v) is 8.36. The van der Waals surface area contributed by atoms with Gasteiger partial charge in [0.1, 0.15) is 11.9 Å². The van der Waals surface area contributed by atoms with E-state index in [-0.39, 0.29) is 17.8 Å². The zero-order chi connectivity index (χ0) is 20.5. The smallest absolute Gasteiger partial charge is 0.323 e. The second-order valence-electron chi connectivity index (χ2n) is 8.36. The van der Waals surface area contributed by atoms with Crippen molar-refractivity contribution in [3.8, 4) is 0 Å². The Kier molecular flexibility index (Phi) is 5.83. The minimum absolute atomic E-state index is 0.134. The highest BCUT2D eigenvalue weighted by Crippen LogP contribution is 2.48. The van der Waals surface area contributed by atoms with Crippen molar-refractivity contribution in [3.63, 3.8) is 0 Å². The van der Waals surface area contributed by atoms with Gasteiger partial charge in [-0.25, -0.2) is 4.39 Å². The van der Waals surface area contributed by atoms with Crippen LogP contribution in [0.2, 0.25) is 0 Å². The maximum atomic E-state index is 14.3. The molecule has 2 fully saturated rings. The van der Waals surface area contributed by atoms with Gasteiger partial charge in [-0.05, 0) is 68.2 Å². The van der Waals surface area contributed by atoms with Crippen molar-refractivity contribution < 1.29 is 18.7 Å².